The standard InChI is InChI=1S/C13H21NO3/c1-4-17-11(15)6-8-5-9-7-10(12(8)14-16)13(9,2)3/h8-10,12H,4-7H2,1-3H3/t8?,9-,10-,12?/m0/s1. The number of fused-ring (bicyclic) bond motifs is 2. The zero-order valence-electron chi connectivity index (χ0n) is 10.8. The topological polar surface area (TPSA) is 55.7 Å². The van der Waals surface area contributed by atoms with E-state index in [0.717, 1.165) is 12.8 Å². The van der Waals surface area contributed by atoms with Gasteiger partial charge in [-0.2, -0.15) is 4.91 Å². The fourth-order valence-corrected chi connectivity index (χ4v) is 3.67. The third kappa shape index (κ3) is 1.98. The van der Waals surface area contributed by atoms with Crippen molar-refractivity contribution in [2.45, 2.75) is 46.1 Å². The molecule has 0 aromatic rings. The average molecular weight is 239 g/mol. The summed E-state index contributed by atoms with van der Waals surface area (Å²) in [6, 6.07) is -0.195. The summed E-state index contributed by atoms with van der Waals surface area (Å²) in [6.07, 6.45) is 2.40. The summed E-state index contributed by atoms with van der Waals surface area (Å²) in [7, 11) is 0. The Hall–Kier alpha value is -0.930. The lowest BCUT2D eigenvalue weighted by Crippen LogP contribution is -2.57. The van der Waals surface area contributed by atoms with Crippen molar-refractivity contribution < 1.29 is 9.53 Å². The van der Waals surface area contributed by atoms with Crippen molar-refractivity contribution in [1.29, 1.82) is 0 Å². The number of nitrogens with zero attached hydrogens (tertiary/aromatic N) is 1. The summed E-state index contributed by atoms with van der Waals surface area (Å²) < 4.78 is 4.96. The molecule has 0 N–H and O–H groups in total. The largest absolute Gasteiger partial charge is 0.466 e. The summed E-state index contributed by atoms with van der Waals surface area (Å²) in [6.45, 7) is 6.63. The molecule has 0 aromatic carbocycles. The first-order valence-corrected chi connectivity index (χ1v) is 6.48. The van der Waals surface area contributed by atoms with Crippen LogP contribution < -0.4 is 0 Å². The van der Waals surface area contributed by atoms with Gasteiger partial charge in [0.2, 0.25) is 0 Å². The quantitative estimate of drug-likeness (QED) is 0.560. The molecule has 96 valence electrons. The molecule has 0 radical (unpaired) electrons. The van der Waals surface area contributed by atoms with Crippen LogP contribution in [-0.2, 0) is 9.53 Å². The molecule has 0 aromatic heterocycles. The zero-order valence-corrected chi connectivity index (χ0v) is 10.8. The van der Waals surface area contributed by atoms with Crippen LogP contribution in [0.15, 0.2) is 5.18 Å². The molecule has 3 fully saturated rings. The zero-order chi connectivity index (χ0) is 12.6. The van der Waals surface area contributed by atoms with Crippen LogP contribution in [0.5, 0.6) is 0 Å². The van der Waals surface area contributed by atoms with Crippen LogP contribution >= 0.6 is 0 Å². The number of hydrogen-bond donors (Lipinski definition) is 0. The van der Waals surface area contributed by atoms with E-state index >= 15 is 0 Å². The second-order valence-electron chi connectivity index (χ2n) is 5.96. The summed E-state index contributed by atoms with van der Waals surface area (Å²) in [5.41, 5.74) is 0.226. The van der Waals surface area contributed by atoms with E-state index in [1.165, 1.54) is 0 Å². The molecule has 3 aliphatic carbocycles. The van der Waals surface area contributed by atoms with Gasteiger partial charge in [-0.3, -0.25) is 4.79 Å². The SMILES string of the molecule is CCOC(=O)CC1C[C@H]2C[C@@H](C1N=O)C2(C)C. The average Bonchev–Trinajstić information content (AvgIpc) is 2.28. The number of ether oxygens (including phenoxy) is 1. The van der Waals surface area contributed by atoms with Crippen LogP contribution in [0.2, 0.25) is 0 Å². The van der Waals surface area contributed by atoms with Crippen molar-refractivity contribution in [1.82, 2.24) is 0 Å². The van der Waals surface area contributed by atoms with E-state index in [1.807, 2.05) is 0 Å². The number of carbonyl (C=O) groups excluding carboxylic acids is 1. The Balaban J connectivity index is 2.01. The monoisotopic (exact) mass is 239 g/mol. The molecule has 4 atom stereocenters. The number of rotatable bonds is 4. The number of esters is 1. The van der Waals surface area contributed by atoms with Gasteiger partial charge in [0.15, 0.2) is 0 Å². The van der Waals surface area contributed by atoms with Crippen molar-refractivity contribution in [3.05, 3.63) is 4.91 Å². The Kier molecular flexibility index (Phi) is 3.23. The van der Waals surface area contributed by atoms with Crippen LogP contribution in [-0.4, -0.2) is 18.6 Å². The summed E-state index contributed by atoms with van der Waals surface area (Å²) in [5, 5.41) is 3.30. The molecule has 2 unspecified atom stereocenters. The first-order chi connectivity index (χ1) is 8.00. The molecule has 4 nitrogen and oxygen atoms in total. The highest BCUT2D eigenvalue weighted by molar-refractivity contribution is 5.69. The van der Waals surface area contributed by atoms with Gasteiger partial charge in [-0.1, -0.05) is 19.0 Å². The summed E-state index contributed by atoms with van der Waals surface area (Å²) in [5.74, 6) is 0.914. The molecule has 0 saturated heterocycles. The minimum Gasteiger partial charge on any atom is -0.466 e. The highest BCUT2D eigenvalue weighted by atomic mass is 16.5. The van der Waals surface area contributed by atoms with E-state index < -0.39 is 0 Å². The number of carbonyl (C=O) groups is 1. The first-order valence-electron chi connectivity index (χ1n) is 6.48. The molecule has 3 rings (SSSR count). The fraction of sp³-hybridized carbons (Fsp3) is 0.923. The fourth-order valence-electron chi connectivity index (χ4n) is 3.67. The van der Waals surface area contributed by atoms with Crippen LogP contribution in [0.4, 0.5) is 0 Å². The lowest BCUT2D eigenvalue weighted by Gasteiger charge is -2.60. The van der Waals surface area contributed by atoms with Gasteiger partial charge < -0.3 is 4.74 Å². The number of hydrogen-bond acceptors (Lipinski definition) is 4. The lowest BCUT2D eigenvalue weighted by molar-refractivity contribution is -0.150. The molecule has 0 amide bonds. The predicted octanol–water partition coefficient (Wildman–Crippen LogP) is 2.76. The van der Waals surface area contributed by atoms with Gasteiger partial charge >= 0.3 is 5.97 Å². The molecule has 0 aliphatic heterocycles. The second-order valence-corrected chi connectivity index (χ2v) is 5.96. The third-order valence-corrected chi connectivity index (χ3v) is 4.88. The molecular formula is C13H21NO3. The highest BCUT2D eigenvalue weighted by Gasteiger charge is 2.58. The number of nitroso groups, excluding NO2 is 1. The second kappa shape index (κ2) is 4.39. The maximum absolute atomic E-state index is 11.5. The Morgan fingerprint density at radius 3 is 2.65 bits per heavy atom. The van der Waals surface area contributed by atoms with Crippen molar-refractivity contribution in [2.75, 3.05) is 6.61 Å². The predicted molar refractivity (Wildman–Crippen MR) is 64.3 cm³/mol. The van der Waals surface area contributed by atoms with E-state index in [4.69, 9.17) is 4.74 Å². The van der Waals surface area contributed by atoms with Crippen molar-refractivity contribution in [3.63, 3.8) is 0 Å². The van der Waals surface area contributed by atoms with Gasteiger partial charge in [-0.25, -0.2) is 0 Å². The van der Waals surface area contributed by atoms with Crippen LogP contribution in [0.1, 0.15) is 40.0 Å². The minimum atomic E-state index is -0.195. The minimum absolute atomic E-state index is 0.100. The molecule has 0 spiro atoms. The van der Waals surface area contributed by atoms with Gasteiger partial charge in [0.05, 0.1) is 19.1 Å². The summed E-state index contributed by atoms with van der Waals surface area (Å²) in [4.78, 5) is 22.5. The molecule has 2 bridgehead atoms. The Morgan fingerprint density at radius 1 is 1.41 bits per heavy atom. The molecule has 4 heteroatoms. The lowest BCUT2D eigenvalue weighted by atomic mass is 9.45. The molecule has 0 heterocycles. The van der Waals surface area contributed by atoms with Crippen molar-refractivity contribution >= 4 is 5.97 Å². The van der Waals surface area contributed by atoms with Gasteiger partial charge in [-0.05, 0) is 42.9 Å². The van der Waals surface area contributed by atoms with E-state index in [-0.39, 0.29) is 23.3 Å². The Labute approximate surface area is 102 Å². The third-order valence-electron chi connectivity index (χ3n) is 4.88. The van der Waals surface area contributed by atoms with Crippen molar-refractivity contribution in [3.8, 4) is 0 Å². The molecule has 17 heavy (non-hydrogen) atoms. The maximum atomic E-state index is 11.5. The van der Waals surface area contributed by atoms with Gasteiger partial charge in [0, 0.05) is 0 Å². The molecular weight excluding hydrogens is 218 g/mol. The molecule has 3 aliphatic rings. The van der Waals surface area contributed by atoms with Gasteiger partial charge in [0.25, 0.3) is 0 Å². The van der Waals surface area contributed by atoms with Gasteiger partial charge in [-0.15, -0.1) is 0 Å². The van der Waals surface area contributed by atoms with Crippen LogP contribution in [0.3, 0.4) is 0 Å². The van der Waals surface area contributed by atoms with Crippen molar-refractivity contribution in [2.24, 2.45) is 28.3 Å². The van der Waals surface area contributed by atoms with Crippen LogP contribution in [0.25, 0.3) is 0 Å². The van der Waals surface area contributed by atoms with E-state index in [0.29, 0.717) is 24.9 Å². The van der Waals surface area contributed by atoms with E-state index in [2.05, 4.69) is 19.0 Å². The normalized spacial score (nSPS) is 38.1. The Bertz CT molecular complexity index is 327. The smallest absolute Gasteiger partial charge is 0.306 e. The molecule has 3 saturated carbocycles. The van der Waals surface area contributed by atoms with E-state index in [9.17, 15) is 9.70 Å². The van der Waals surface area contributed by atoms with E-state index in [1.54, 1.807) is 6.92 Å². The highest BCUT2D eigenvalue weighted by Crippen LogP contribution is 2.61. The van der Waals surface area contributed by atoms with Crippen LogP contribution in [0, 0.1) is 28.1 Å². The van der Waals surface area contributed by atoms with Gasteiger partial charge in [0.1, 0.15) is 0 Å². The summed E-state index contributed by atoms with van der Waals surface area (Å²) >= 11 is 0. The Morgan fingerprint density at radius 2 is 2.12 bits per heavy atom. The first kappa shape index (κ1) is 12.5. The maximum Gasteiger partial charge on any atom is 0.306 e.